The summed E-state index contributed by atoms with van der Waals surface area (Å²) in [7, 11) is 0. The fraction of sp³-hybridized carbons (Fsp3) is 0.833. The van der Waals surface area contributed by atoms with Gasteiger partial charge in [0.1, 0.15) is 0 Å². The van der Waals surface area contributed by atoms with Gasteiger partial charge in [-0.25, -0.2) is 4.79 Å². The highest BCUT2D eigenvalue weighted by atomic mass is 16.4. The number of rotatable bonds is 9. The third kappa shape index (κ3) is 8.03. The summed E-state index contributed by atoms with van der Waals surface area (Å²) in [5, 5.41) is 20.0. The van der Waals surface area contributed by atoms with E-state index in [1.54, 1.807) is 0 Å². The molecule has 0 aliphatic carbocycles. The Balaban J connectivity index is 3.76. The Morgan fingerprint density at radius 3 is 2.44 bits per heavy atom. The van der Waals surface area contributed by atoms with Crippen LogP contribution in [-0.2, 0) is 9.59 Å². The summed E-state index contributed by atoms with van der Waals surface area (Å²) in [6, 6.07) is 0. The van der Waals surface area contributed by atoms with Crippen LogP contribution in [0.15, 0.2) is 0 Å². The van der Waals surface area contributed by atoms with Crippen LogP contribution < -0.4 is 11.1 Å². The van der Waals surface area contributed by atoms with Gasteiger partial charge in [-0.15, -0.1) is 0 Å². The van der Waals surface area contributed by atoms with Crippen molar-refractivity contribution in [1.29, 1.82) is 0 Å². The molecule has 1 amide bonds. The lowest BCUT2D eigenvalue weighted by Gasteiger charge is -2.23. The molecule has 0 bridgehead atoms. The third-order valence-corrected chi connectivity index (χ3v) is 2.87. The molecule has 6 heteroatoms. The maximum Gasteiger partial charge on any atom is 0.332 e. The van der Waals surface area contributed by atoms with E-state index in [4.69, 9.17) is 15.9 Å². The highest BCUT2D eigenvalue weighted by Gasteiger charge is 2.18. The lowest BCUT2D eigenvalue weighted by atomic mass is 9.84. The first-order valence-corrected chi connectivity index (χ1v) is 6.16. The largest absolute Gasteiger partial charge is 0.479 e. The van der Waals surface area contributed by atoms with E-state index in [0.29, 0.717) is 13.0 Å². The molecule has 106 valence electrons. The maximum absolute atomic E-state index is 11.5. The van der Waals surface area contributed by atoms with Gasteiger partial charge in [-0.3, -0.25) is 4.79 Å². The van der Waals surface area contributed by atoms with Crippen LogP contribution in [0.3, 0.4) is 0 Å². The number of aliphatic hydroxyl groups excluding tert-OH is 1. The minimum absolute atomic E-state index is 0.0211. The summed E-state index contributed by atoms with van der Waals surface area (Å²) < 4.78 is 0. The predicted octanol–water partition coefficient (Wildman–Crippen LogP) is 0.0934. The van der Waals surface area contributed by atoms with E-state index < -0.39 is 12.1 Å². The van der Waals surface area contributed by atoms with Crippen LogP contribution in [0.5, 0.6) is 0 Å². The fourth-order valence-electron chi connectivity index (χ4n) is 1.53. The van der Waals surface area contributed by atoms with Gasteiger partial charge in [0.15, 0.2) is 6.10 Å². The average Bonchev–Trinajstić information content (AvgIpc) is 2.26. The van der Waals surface area contributed by atoms with E-state index in [1.165, 1.54) is 0 Å². The minimum atomic E-state index is -1.42. The number of carboxylic acid groups (broad SMARTS) is 1. The molecule has 0 saturated heterocycles. The molecule has 0 aliphatic rings. The number of nitrogens with one attached hydrogen (secondary N) is 1. The Morgan fingerprint density at radius 1 is 1.33 bits per heavy atom. The van der Waals surface area contributed by atoms with Crippen LogP contribution in [-0.4, -0.2) is 41.3 Å². The monoisotopic (exact) mass is 260 g/mol. The summed E-state index contributed by atoms with van der Waals surface area (Å²) in [4.78, 5) is 21.8. The van der Waals surface area contributed by atoms with Crippen molar-refractivity contribution in [3.8, 4) is 0 Å². The number of aliphatic hydroxyl groups is 1. The molecule has 0 spiro atoms. The van der Waals surface area contributed by atoms with E-state index in [2.05, 4.69) is 19.2 Å². The number of carbonyl (C=O) groups excluding carboxylic acids is 1. The Labute approximate surface area is 108 Å². The standard InChI is InChI=1S/C12H24N2O4/c1-12(2,6-7-13)5-3-10(16)14-8-4-9(15)11(17)18/h9,15H,3-8,13H2,1-2H3,(H,14,16)(H,17,18)/t9-/m0/s1. The van der Waals surface area contributed by atoms with Gasteiger partial charge >= 0.3 is 5.97 Å². The van der Waals surface area contributed by atoms with Gasteiger partial charge in [-0.05, 0) is 24.8 Å². The van der Waals surface area contributed by atoms with Crippen molar-refractivity contribution in [2.45, 2.75) is 45.6 Å². The minimum Gasteiger partial charge on any atom is -0.479 e. The normalized spacial score (nSPS) is 13.1. The fourth-order valence-corrected chi connectivity index (χ4v) is 1.53. The molecule has 0 heterocycles. The summed E-state index contributed by atoms with van der Waals surface area (Å²) in [6.45, 7) is 4.88. The van der Waals surface area contributed by atoms with E-state index >= 15 is 0 Å². The zero-order valence-corrected chi connectivity index (χ0v) is 11.1. The molecule has 0 aromatic carbocycles. The number of amides is 1. The van der Waals surface area contributed by atoms with Gasteiger partial charge in [0.05, 0.1) is 0 Å². The van der Waals surface area contributed by atoms with E-state index in [9.17, 15) is 9.59 Å². The van der Waals surface area contributed by atoms with Gasteiger partial charge in [0, 0.05) is 19.4 Å². The first-order valence-electron chi connectivity index (χ1n) is 6.16. The highest BCUT2D eigenvalue weighted by molar-refractivity contribution is 5.76. The Morgan fingerprint density at radius 2 is 1.94 bits per heavy atom. The van der Waals surface area contributed by atoms with Crippen molar-refractivity contribution in [2.75, 3.05) is 13.1 Å². The number of hydrogen-bond donors (Lipinski definition) is 4. The molecule has 0 aromatic rings. The van der Waals surface area contributed by atoms with Crippen molar-refractivity contribution >= 4 is 11.9 Å². The molecule has 18 heavy (non-hydrogen) atoms. The molecule has 0 aliphatic heterocycles. The molecule has 0 radical (unpaired) electrons. The Kier molecular flexibility index (Phi) is 7.54. The average molecular weight is 260 g/mol. The van der Waals surface area contributed by atoms with Crippen molar-refractivity contribution in [2.24, 2.45) is 11.1 Å². The Hall–Kier alpha value is -1.14. The zero-order chi connectivity index (χ0) is 14.2. The van der Waals surface area contributed by atoms with Crippen LogP contribution in [0.25, 0.3) is 0 Å². The molecule has 0 rings (SSSR count). The van der Waals surface area contributed by atoms with Gasteiger partial charge in [0.25, 0.3) is 0 Å². The molecule has 5 N–H and O–H groups in total. The predicted molar refractivity (Wildman–Crippen MR) is 68.0 cm³/mol. The van der Waals surface area contributed by atoms with E-state index in [0.717, 1.165) is 12.8 Å². The van der Waals surface area contributed by atoms with Crippen LogP contribution in [0, 0.1) is 5.41 Å². The first kappa shape index (κ1) is 16.9. The maximum atomic E-state index is 11.5. The topological polar surface area (TPSA) is 113 Å². The molecule has 0 unspecified atom stereocenters. The van der Waals surface area contributed by atoms with Crippen LogP contribution >= 0.6 is 0 Å². The molecule has 0 saturated carbocycles. The van der Waals surface area contributed by atoms with E-state index in [-0.39, 0.29) is 24.3 Å². The van der Waals surface area contributed by atoms with Gasteiger partial charge in [-0.2, -0.15) is 0 Å². The summed E-state index contributed by atoms with van der Waals surface area (Å²) >= 11 is 0. The molecular formula is C12H24N2O4. The van der Waals surface area contributed by atoms with Crippen molar-refractivity contribution in [3.05, 3.63) is 0 Å². The highest BCUT2D eigenvalue weighted by Crippen LogP contribution is 2.25. The van der Waals surface area contributed by atoms with Crippen molar-refractivity contribution in [1.82, 2.24) is 5.32 Å². The first-order chi connectivity index (χ1) is 8.28. The number of carbonyl (C=O) groups is 2. The molecular weight excluding hydrogens is 236 g/mol. The molecule has 1 atom stereocenters. The summed E-state index contributed by atoms with van der Waals surface area (Å²) in [5.74, 6) is -1.40. The number of carboxylic acids is 1. The van der Waals surface area contributed by atoms with E-state index in [1.807, 2.05) is 0 Å². The van der Waals surface area contributed by atoms with Gasteiger partial charge in [0.2, 0.25) is 5.91 Å². The third-order valence-electron chi connectivity index (χ3n) is 2.87. The second-order valence-corrected chi connectivity index (χ2v) is 5.20. The summed E-state index contributed by atoms with van der Waals surface area (Å²) in [5.41, 5.74) is 5.51. The molecule has 0 fully saturated rings. The second kappa shape index (κ2) is 8.05. The van der Waals surface area contributed by atoms with Crippen LogP contribution in [0.2, 0.25) is 0 Å². The Bertz CT molecular complexity index is 279. The quantitative estimate of drug-likeness (QED) is 0.469. The van der Waals surface area contributed by atoms with Gasteiger partial charge < -0.3 is 21.3 Å². The zero-order valence-electron chi connectivity index (χ0n) is 11.1. The van der Waals surface area contributed by atoms with Crippen molar-refractivity contribution < 1.29 is 19.8 Å². The van der Waals surface area contributed by atoms with Gasteiger partial charge in [-0.1, -0.05) is 13.8 Å². The lowest BCUT2D eigenvalue weighted by Crippen LogP contribution is -2.30. The van der Waals surface area contributed by atoms with Crippen LogP contribution in [0.4, 0.5) is 0 Å². The molecule has 0 aromatic heterocycles. The number of aliphatic carboxylic acids is 1. The summed E-state index contributed by atoms with van der Waals surface area (Å²) in [6.07, 6.45) is 0.581. The van der Waals surface area contributed by atoms with Crippen molar-refractivity contribution in [3.63, 3.8) is 0 Å². The SMILES string of the molecule is CC(C)(CCN)CCC(=O)NCC[C@H](O)C(=O)O. The number of hydrogen-bond acceptors (Lipinski definition) is 4. The lowest BCUT2D eigenvalue weighted by molar-refractivity contribution is -0.147. The second-order valence-electron chi connectivity index (χ2n) is 5.20. The molecule has 6 nitrogen and oxygen atoms in total. The smallest absolute Gasteiger partial charge is 0.332 e. The number of nitrogens with two attached hydrogens (primary N) is 1. The van der Waals surface area contributed by atoms with Crippen LogP contribution in [0.1, 0.15) is 39.5 Å².